The van der Waals surface area contributed by atoms with Gasteiger partial charge < -0.3 is 20.1 Å². The lowest BCUT2D eigenvalue weighted by Gasteiger charge is -2.34. The highest BCUT2D eigenvalue weighted by Crippen LogP contribution is 2.32. The van der Waals surface area contributed by atoms with Gasteiger partial charge in [0.15, 0.2) is 7.95 Å². The number of amides is 2. The summed E-state index contributed by atoms with van der Waals surface area (Å²) in [5, 5.41) is 20.9. The number of rotatable bonds is 7. The molecule has 0 aromatic rings. The van der Waals surface area contributed by atoms with Gasteiger partial charge in [-0.3, -0.25) is 19.1 Å². The number of carbonyl (C=O) groups excluding carboxylic acids is 2. The fourth-order valence-corrected chi connectivity index (χ4v) is 2.73. The summed E-state index contributed by atoms with van der Waals surface area (Å²) in [5.41, 5.74) is -2.36. The molecule has 8 nitrogen and oxygen atoms in total. The Balaban J connectivity index is 5.22. The molecule has 0 saturated heterocycles. The first-order valence-electron chi connectivity index (χ1n) is 6.15. The summed E-state index contributed by atoms with van der Waals surface area (Å²) in [5.74, 6) is -3.00. The van der Waals surface area contributed by atoms with Crippen molar-refractivity contribution in [1.29, 1.82) is 0 Å². The van der Waals surface area contributed by atoms with Crippen LogP contribution in [0, 0.1) is 0 Å². The number of nitrogens with zero attached hydrogens (tertiary/aromatic N) is 1. The summed E-state index contributed by atoms with van der Waals surface area (Å²) >= 11 is 0. The Kier molecular flexibility index (Phi) is 6.88. The van der Waals surface area contributed by atoms with Crippen LogP contribution >= 0.6 is 7.95 Å². The van der Waals surface area contributed by atoms with Gasteiger partial charge in [0, 0.05) is 13.1 Å². The highest BCUT2D eigenvalue weighted by atomic mass is 31.1. The summed E-state index contributed by atoms with van der Waals surface area (Å²) in [6, 6.07) is -1.24. The van der Waals surface area contributed by atoms with Gasteiger partial charge in [-0.15, -0.1) is 0 Å². The second kappa shape index (κ2) is 7.40. The van der Waals surface area contributed by atoms with Crippen LogP contribution in [0.1, 0.15) is 33.6 Å². The topological polar surface area (TPSA) is 124 Å². The van der Waals surface area contributed by atoms with E-state index in [4.69, 9.17) is 5.11 Å². The van der Waals surface area contributed by atoms with E-state index in [9.17, 15) is 24.1 Å². The van der Waals surface area contributed by atoms with Crippen LogP contribution in [0.15, 0.2) is 0 Å². The highest BCUT2D eigenvalue weighted by Gasteiger charge is 2.42. The molecule has 3 N–H and O–H groups in total. The predicted molar refractivity (Wildman–Crippen MR) is 72.5 cm³/mol. The second-order valence-corrected chi connectivity index (χ2v) is 6.04. The molecule has 0 aliphatic heterocycles. The van der Waals surface area contributed by atoms with Crippen LogP contribution in [0.3, 0.4) is 0 Å². The molecule has 9 heteroatoms. The number of nitrogens with one attached hydrogen (secondary N) is 1. The van der Waals surface area contributed by atoms with E-state index in [2.05, 4.69) is 0 Å². The third-order valence-electron chi connectivity index (χ3n) is 2.61. The minimum absolute atomic E-state index is 0.0299. The number of carboxylic acids is 1. The van der Waals surface area contributed by atoms with Crippen LogP contribution in [0.2, 0.25) is 0 Å². The molecule has 0 spiro atoms. The minimum atomic E-state index is -2.68. The average Bonchev–Trinajstić information content (AvgIpc) is 2.27. The second-order valence-electron chi connectivity index (χ2n) is 4.55. The summed E-state index contributed by atoms with van der Waals surface area (Å²) < 4.78 is 12.3. The molecule has 0 aromatic heterocycles. The van der Waals surface area contributed by atoms with Gasteiger partial charge >= 0.3 is 5.97 Å². The van der Waals surface area contributed by atoms with E-state index in [-0.39, 0.29) is 6.42 Å². The highest BCUT2D eigenvalue weighted by molar-refractivity contribution is 7.42. The summed E-state index contributed by atoms with van der Waals surface area (Å²) in [6.07, 6.45) is 0.496. The van der Waals surface area contributed by atoms with Crippen molar-refractivity contribution in [2.75, 3.05) is 6.66 Å². The monoisotopic (exact) mass is 308 g/mol. The van der Waals surface area contributed by atoms with Crippen molar-refractivity contribution in [3.63, 3.8) is 0 Å². The Morgan fingerprint density at radius 3 is 2.25 bits per heavy atom. The first-order valence-corrected chi connectivity index (χ1v) is 8.01. The molecule has 20 heavy (non-hydrogen) atoms. The Hall–Kier alpha value is -1.40. The largest absolute Gasteiger partial charge is 0.480 e. The molecule has 0 fully saturated rings. The van der Waals surface area contributed by atoms with E-state index in [1.54, 1.807) is 6.92 Å². The van der Waals surface area contributed by atoms with E-state index in [0.717, 1.165) is 6.92 Å². The fourth-order valence-electron chi connectivity index (χ4n) is 1.55. The molecule has 3 atom stereocenters. The molecule has 1 unspecified atom stereocenters. The SMILES string of the molecule is CCCC(=O)N([PH](C)=O)[C@](C)(O)C(=O)N[C@@H](C)C(=O)O. The van der Waals surface area contributed by atoms with Crippen LogP contribution < -0.4 is 5.32 Å². The van der Waals surface area contributed by atoms with Crippen molar-refractivity contribution >= 4 is 25.7 Å². The average molecular weight is 308 g/mol. The van der Waals surface area contributed by atoms with Gasteiger partial charge in [0.05, 0.1) is 0 Å². The molecule has 0 saturated carbocycles. The van der Waals surface area contributed by atoms with E-state index in [1.807, 2.05) is 5.32 Å². The van der Waals surface area contributed by atoms with Crippen LogP contribution in [-0.4, -0.2) is 51.1 Å². The molecule has 0 aromatic carbocycles. The molecular weight excluding hydrogens is 287 g/mol. The first kappa shape index (κ1) is 18.6. The standard InChI is InChI=1S/C11H21N2O6P/c1-5-6-8(14)13(20(4)19)11(3,18)10(17)12-7(2)9(15)16/h7,18,20H,5-6H2,1-4H3,(H,12,17)(H,15,16)/t7-,11+/m0/s1. The number of hydrogen-bond donors (Lipinski definition) is 3. The molecule has 0 aliphatic rings. The van der Waals surface area contributed by atoms with Crippen molar-refractivity contribution in [3.8, 4) is 0 Å². The Morgan fingerprint density at radius 1 is 1.40 bits per heavy atom. The summed E-state index contributed by atoms with van der Waals surface area (Å²) in [7, 11) is -2.68. The normalized spacial score (nSPS) is 16.6. The van der Waals surface area contributed by atoms with Gasteiger partial charge in [-0.2, -0.15) is 0 Å². The Morgan fingerprint density at radius 2 is 1.90 bits per heavy atom. The van der Waals surface area contributed by atoms with E-state index >= 15 is 0 Å². The molecule has 0 rings (SSSR count). The van der Waals surface area contributed by atoms with E-state index < -0.39 is 37.5 Å². The lowest BCUT2D eigenvalue weighted by molar-refractivity contribution is -0.161. The van der Waals surface area contributed by atoms with E-state index in [1.165, 1.54) is 13.6 Å². The maximum atomic E-state index is 11.9. The lowest BCUT2D eigenvalue weighted by atomic mass is 10.2. The molecule has 2 amide bonds. The van der Waals surface area contributed by atoms with Crippen LogP contribution in [0.25, 0.3) is 0 Å². The van der Waals surface area contributed by atoms with Gasteiger partial charge in [0.25, 0.3) is 5.91 Å². The lowest BCUT2D eigenvalue weighted by Crippen LogP contribution is -2.58. The van der Waals surface area contributed by atoms with Gasteiger partial charge in [0.1, 0.15) is 6.04 Å². The molecule has 0 aliphatic carbocycles. The summed E-state index contributed by atoms with van der Waals surface area (Å²) in [6.45, 7) is 5.17. The minimum Gasteiger partial charge on any atom is -0.480 e. The smallest absolute Gasteiger partial charge is 0.325 e. The third kappa shape index (κ3) is 4.61. The zero-order chi connectivity index (χ0) is 16.1. The van der Waals surface area contributed by atoms with Gasteiger partial charge in [0.2, 0.25) is 11.6 Å². The van der Waals surface area contributed by atoms with Crippen LogP contribution in [0.4, 0.5) is 0 Å². The molecule has 0 heterocycles. The number of hydrogen-bond acceptors (Lipinski definition) is 5. The third-order valence-corrected chi connectivity index (χ3v) is 3.93. The molecular formula is C11H21N2O6P. The van der Waals surface area contributed by atoms with Gasteiger partial charge in [-0.05, 0) is 20.3 Å². The maximum absolute atomic E-state index is 11.9. The first-order chi connectivity index (χ1) is 9.05. The van der Waals surface area contributed by atoms with Crippen molar-refractivity contribution in [3.05, 3.63) is 0 Å². The van der Waals surface area contributed by atoms with Crippen molar-refractivity contribution in [2.24, 2.45) is 0 Å². The zero-order valence-electron chi connectivity index (χ0n) is 12.0. The molecule has 0 radical (unpaired) electrons. The molecule has 116 valence electrons. The van der Waals surface area contributed by atoms with Crippen molar-refractivity contribution in [1.82, 2.24) is 9.99 Å². The Bertz CT molecular complexity index is 423. The van der Waals surface area contributed by atoms with Gasteiger partial charge in [-0.1, -0.05) is 6.92 Å². The quantitative estimate of drug-likeness (QED) is 0.450. The summed E-state index contributed by atoms with van der Waals surface area (Å²) in [4.78, 5) is 34.4. The maximum Gasteiger partial charge on any atom is 0.325 e. The van der Waals surface area contributed by atoms with Crippen LogP contribution in [0.5, 0.6) is 0 Å². The Labute approximate surface area is 118 Å². The predicted octanol–water partition coefficient (Wildman–Crippen LogP) is 0.0174. The number of aliphatic hydroxyl groups is 1. The van der Waals surface area contributed by atoms with Gasteiger partial charge in [-0.25, -0.2) is 0 Å². The van der Waals surface area contributed by atoms with Crippen molar-refractivity contribution < 1.29 is 29.2 Å². The van der Waals surface area contributed by atoms with Crippen molar-refractivity contribution in [2.45, 2.75) is 45.4 Å². The fraction of sp³-hybridized carbons (Fsp3) is 0.727. The van der Waals surface area contributed by atoms with E-state index in [0.29, 0.717) is 11.1 Å². The number of carbonyl (C=O) groups is 3. The number of carboxylic acid groups (broad SMARTS) is 1. The zero-order valence-corrected chi connectivity index (χ0v) is 13.0. The molecule has 0 bridgehead atoms. The van der Waals surface area contributed by atoms with Crippen LogP contribution in [-0.2, 0) is 18.9 Å². The number of aliphatic carboxylic acids is 1.